The second-order valence-electron chi connectivity index (χ2n) is 4.55. The van der Waals surface area contributed by atoms with E-state index >= 15 is 0 Å². The molecule has 0 amide bonds. The van der Waals surface area contributed by atoms with Crippen LogP contribution < -0.4 is 4.72 Å². The lowest BCUT2D eigenvalue weighted by Crippen LogP contribution is -2.22. The normalized spacial score (nSPS) is 11.7. The minimum atomic E-state index is -3.51. The lowest BCUT2D eigenvalue weighted by atomic mass is 10.4. The van der Waals surface area contributed by atoms with E-state index in [0.717, 1.165) is 10.6 Å². The molecule has 7 nitrogen and oxygen atoms in total. The zero-order valence-electron chi connectivity index (χ0n) is 11.7. The summed E-state index contributed by atoms with van der Waals surface area (Å²) in [4.78, 5) is 4.88. The summed E-state index contributed by atoms with van der Waals surface area (Å²) in [6, 6.07) is 6.95. The molecular formula is C13H13N5O2S2. The maximum Gasteiger partial charge on any atom is 0.250 e. The van der Waals surface area contributed by atoms with E-state index in [-0.39, 0.29) is 6.54 Å². The Labute approximate surface area is 131 Å². The molecule has 0 aliphatic carbocycles. The summed E-state index contributed by atoms with van der Waals surface area (Å²) in [5.41, 5.74) is 1.35. The van der Waals surface area contributed by atoms with Crippen LogP contribution in [0.1, 0.15) is 10.6 Å². The lowest BCUT2D eigenvalue weighted by molar-refractivity contribution is 0.582. The third kappa shape index (κ3) is 3.21. The molecule has 0 bridgehead atoms. The highest BCUT2D eigenvalue weighted by molar-refractivity contribution is 7.91. The molecule has 0 unspecified atom stereocenters. The van der Waals surface area contributed by atoms with Crippen molar-refractivity contribution in [3.05, 3.63) is 53.4 Å². The van der Waals surface area contributed by atoms with Crippen molar-refractivity contribution in [3.63, 3.8) is 0 Å². The standard InChI is InChI=1S/C13H13N5O2S2/c1-10-2-3-13(21-10)22(19,20)15-8-11-9-18(17-16-11)12-4-6-14-7-5-12/h2-7,9,15H,8H2,1H3. The monoisotopic (exact) mass is 335 g/mol. The largest absolute Gasteiger partial charge is 0.265 e. The Morgan fingerprint density at radius 2 is 2.00 bits per heavy atom. The summed E-state index contributed by atoms with van der Waals surface area (Å²) in [6.07, 6.45) is 4.98. The number of nitrogens with one attached hydrogen (secondary N) is 1. The highest BCUT2D eigenvalue weighted by Crippen LogP contribution is 2.20. The number of sulfonamides is 1. The molecule has 0 fully saturated rings. The van der Waals surface area contributed by atoms with Crippen molar-refractivity contribution < 1.29 is 8.42 Å². The fourth-order valence-electron chi connectivity index (χ4n) is 1.80. The number of aromatic nitrogens is 4. The van der Waals surface area contributed by atoms with Gasteiger partial charge in [0.05, 0.1) is 24.1 Å². The van der Waals surface area contributed by atoms with Gasteiger partial charge < -0.3 is 0 Å². The molecule has 0 aliphatic heterocycles. The predicted molar refractivity (Wildman–Crippen MR) is 82.2 cm³/mol. The number of pyridine rings is 1. The Bertz CT molecular complexity index is 871. The summed E-state index contributed by atoms with van der Waals surface area (Å²) >= 11 is 1.23. The highest BCUT2D eigenvalue weighted by atomic mass is 32.2. The third-order valence-corrected chi connectivity index (χ3v) is 5.79. The van der Waals surface area contributed by atoms with E-state index < -0.39 is 10.0 Å². The minimum Gasteiger partial charge on any atom is -0.265 e. The zero-order valence-corrected chi connectivity index (χ0v) is 13.3. The summed E-state index contributed by atoms with van der Waals surface area (Å²) in [6.45, 7) is 1.95. The smallest absolute Gasteiger partial charge is 0.250 e. The Balaban J connectivity index is 1.71. The van der Waals surface area contributed by atoms with Gasteiger partial charge in [0.1, 0.15) is 4.21 Å². The molecule has 22 heavy (non-hydrogen) atoms. The number of aryl methyl sites for hydroxylation is 1. The van der Waals surface area contributed by atoms with Crippen LogP contribution in [0.4, 0.5) is 0 Å². The average Bonchev–Trinajstić information content (AvgIpc) is 3.15. The first-order chi connectivity index (χ1) is 10.5. The molecule has 0 saturated heterocycles. The van der Waals surface area contributed by atoms with Crippen molar-refractivity contribution in [2.24, 2.45) is 0 Å². The molecule has 0 radical (unpaired) electrons. The van der Waals surface area contributed by atoms with Gasteiger partial charge in [-0.3, -0.25) is 4.98 Å². The number of rotatable bonds is 5. The summed E-state index contributed by atoms with van der Waals surface area (Å²) in [5, 5.41) is 7.93. The number of hydrogen-bond donors (Lipinski definition) is 1. The van der Waals surface area contributed by atoms with Crippen LogP contribution in [0.15, 0.2) is 47.1 Å². The Hall–Kier alpha value is -2.10. The van der Waals surface area contributed by atoms with Gasteiger partial charge in [-0.25, -0.2) is 17.8 Å². The van der Waals surface area contributed by atoms with E-state index in [4.69, 9.17) is 0 Å². The van der Waals surface area contributed by atoms with Crippen LogP contribution in [0.2, 0.25) is 0 Å². The van der Waals surface area contributed by atoms with Gasteiger partial charge >= 0.3 is 0 Å². The van der Waals surface area contributed by atoms with Crippen molar-refractivity contribution in [3.8, 4) is 5.69 Å². The van der Waals surface area contributed by atoms with E-state index in [1.807, 2.05) is 6.92 Å². The molecule has 3 aromatic heterocycles. The maximum atomic E-state index is 12.1. The fraction of sp³-hybridized carbons (Fsp3) is 0.154. The molecule has 3 aromatic rings. The SMILES string of the molecule is Cc1ccc(S(=O)(=O)NCc2cn(-c3ccncc3)nn2)s1. The van der Waals surface area contributed by atoms with E-state index in [1.54, 1.807) is 47.5 Å². The van der Waals surface area contributed by atoms with Gasteiger partial charge in [-0.15, -0.1) is 16.4 Å². The van der Waals surface area contributed by atoms with Crippen LogP contribution in [0.25, 0.3) is 5.69 Å². The molecule has 0 spiro atoms. The van der Waals surface area contributed by atoms with Crippen LogP contribution in [0, 0.1) is 6.92 Å². The Morgan fingerprint density at radius 1 is 1.23 bits per heavy atom. The van der Waals surface area contributed by atoms with Crippen molar-refractivity contribution in [2.75, 3.05) is 0 Å². The van der Waals surface area contributed by atoms with Gasteiger partial charge in [0, 0.05) is 17.3 Å². The Kier molecular flexibility index (Phi) is 4.01. The number of thiophene rings is 1. The van der Waals surface area contributed by atoms with E-state index in [1.165, 1.54) is 11.3 Å². The molecule has 0 aromatic carbocycles. The van der Waals surface area contributed by atoms with Crippen molar-refractivity contribution in [2.45, 2.75) is 17.7 Å². The van der Waals surface area contributed by atoms with Crippen LogP contribution in [0.3, 0.4) is 0 Å². The zero-order chi connectivity index (χ0) is 15.6. The van der Waals surface area contributed by atoms with Gasteiger partial charge in [-0.1, -0.05) is 5.21 Å². The van der Waals surface area contributed by atoms with Crippen molar-refractivity contribution in [1.82, 2.24) is 24.7 Å². The summed E-state index contributed by atoms with van der Waals surface area (Å²) in [5.74, 6) is 0. The molecule has 3 rings (SSSR count). The van der Waals surface area contributed by atoms with Crippen molar-refractivity contribution >= 4 is 21.4 Å². The Morgan fingerprint density at radius 3 is 2.68 bits per heavy atom. The molecule has 0 atom stereocenters. The quantitative estimate of drug-likeness (QED) is 0.763. The van der Waals surface area contributed by atoms with Crippen LogP contribution >= 0.6 is 11.3 Å². The topological polar surface area (TPSA) is 89.8 Å². The fourth-order valence-corrected chi connectivity index (χ4v) is 4.13. The molecular weight excluding hydrogens is 322 g/mol. The van der Waals surface area contributed by atoms with Gasteiger partial charge in [0.2, 0.25) is 10.0 Å². The minimum absolute atomic E-state index is 0.0877. The van der Waals surface area contributed by atoms with Gasteiger partial charge in [-0.05, 0) is 31.2 Å². The maximum absolute atomic E-state index is 12.1. The van der Waals surface area contributed by atoms with Gasteiger partial charge in [-0.2, -0.15) is 0 Å². The first-order valence-electron chi connectivity index (χ1n) is 6.42. The molecule has 3 heterocycles. The lowest BCUT2D eigenvalue weighted by Gasteiger charge is -2.01. The van der Waals surface area contributed by atoms with Gasteiger partial charge in [0.15, 0.2) is 0 Å². The van der Waals surface area contributed by atoms with E-state index in [2.05, 4.69) is 20.0 Å². The highest BCUT2D eigenvalue weighted by Gasteiger charge is 2.16. The van der Waals surface area contributed by atoms with Crippen LogP contribution in [-0.2, 0) is 16.6 Å². The van der Waals surface area contributed by atoms with E-state index in [9.17, 15) is 8.42 Å². The van der Waals surface area contributed by atoms with Crippen LogP contribution in [0.5, 0.6) is 0 Å². The predicted octanol–water partition coefficient (Wildman–Crippen LogP) is 1.51. The first-order valence-corrected chi connectivity index (χ1v) is 8.72. The number of nitrogens with zero attached hydrogens (tertiary/aromatic N) is 4. The molecule has 0 aliphatic rings. The second kappa shape index (κ2) is 5.95. The molecule has 0 saturated carbocycles. The van der Waals surface area contributed by atoms with Crippen LogP contribution in [-0.4, -0.2) is 28.4 Å². The van der Waals surface area contributed by atoms with Gasteiger partial charge in [0.25, 0.3) is 0 Å². The molecule has 9 heteroatoms. The second-order valence-corrected chi connectivity index (χ2v) is 7.83. The molecule has 1 N–H and O–H groups in total. The summed E-state index contributed by atoms with van der Waals surface area (Å²) < 4.78 is 28.7. The first kappa shape index (κ1) is 14.8. The van der Waals surface area contributed by atoms with Crippen molar-refractivity contribution in [1.29, 1.82) is 0 Å². The summed E-state index contributed by atoms with van der Waals surface area (Å²) in [7, 11) is -3.51. The third-order valence-electron chi connectivity index (χ3n) is 2.89. The average molecular weight is 335 g/mol. The van der Waals surface area contributed by atoms with E-state index in [0.29, 0.717) is 9.90 Å². The number of hydrogen-bond acceptors (Lipinski definition) is 6. The molecule has 114 valence electrons.